The molecule has 2 aromatic rings. The first-order chi connectivity index (χ1) is 8.58. The highest BCUT2D eigenvalue weighted by molar-refractivity contribution is 7.98. The van der Waals surface area contributed by atoms with Crippen LogP contribution in [0.4, 0.5) is 0 Å². The minimum Gasteiger partial charge on any atom is -0.275 e. The minimum atomic E-state index is 0.826. The predicted molar refractivity (Wildman–Crippen MR) is 73.7 cm³/mol. The van der Waals surface area contributed by atoms with E-state index in [0.717, 1.165) is 34.4 Å². The summed E-state index contributed by atoms with van der Waals surface area (Å²) in [6.45, 7) is 6.15. The van der Waals surface area contributed by atoms with Crippen LogP contribution in [0, 0.1) is 13.8 Å². The summed E-state index contributed by atoms with van der Waals surface area (Å²) >= 11 is 1.65. The van der Waals surface area contributed by atoms with Gasteiger partial charge in [0.2, 0.25) is 0 Å². The lowest BCUT2D eigenvalue weighted by Gasteiger charge is -2.02. The molecule has 0 atom stereocenters. The van der Waals surface area contributed by atoms with Crippen molar-refractivity contribution in [3.05, 3.63) is 34.9 Å². The average molecular weight is 262 g/mol. The monoisotopic (exact) mass is 262 g/mol. The second-order valence-corrected chi connectivity index (χ2v) is 5.29. The molecule has 2 heterocycles. The van der Waals surface area contributed by atoms with Gasteiger partial charge in [0, 0.05) is 30.4 Å². The molecule has 4 nitrogen and oxygen atoms in total. The van der Waals surface area contributed by atoms with Crippen molar-refractivity contribution in [2.24, 2.45) is 7.05 Å². The minimum absolute atomic E-state index is 0.826. The fraction of sp³-hybridized carbons (Fsp3) is 0.462. The van der Waals surface area contributed by atoms with Gasteiger partial charge in [-0.05, 0) is 31.9 Å². The molecule has 0 amide bonds. The van der Waals surface area contributed by atoms with Crippen LogP contribution in [0.15, 0.2) is 17.4 Å². The van der Waals surface area contributed by atoms with Crippen molar-refractivity contribution in [1.29, 1.82) is 0 Å². The summed E-state index contributed by atoms with van der Waals surface area (Å²) in [4.78, 5) is 8.86. The Hall–Kier alpha value is -1.36. The van der Waals surface area contributed by atoms with E-state index in [9.17, 15) is 0 Å². The van der Waals surface area contributed by atoms with Crippen LogP contribution >= 0.6 is 11.8 Å². The fourth-order valence-electron chi connectivity index (χ4n) is 1.89. The van der Waals surface area contributed by atoms with Gasteiger partial charge in [-0.3, -0.25) is 4.68 Å². The summed E-state index contributed by atoms with van der Waals surface area (Å²) in [6.07, 6.45) is 3.09. The van der Waals surface area contributed by atoms with E-state index >= 15 is 0 Å². The molecule has 18 heavy (non-hydrogen) atoms. The molecule has 0 unspecified atom stereocenters. The predicted octanol–water partition coefficient (Wildman–Crippen LogP) is 2.68. The molecule has 0 bridgehead atoms. The molecule has 0 aliphatic carbocycles. The molecule has 2 aromatic heterocycles. The van der Waals surface area contributed by atoms with Gasteiger partial charge in [-0.1, -0.05) is 18.7 Å². The molecule has 0 spiro atoms. The Kier molecular flexibility index (Phi) is 4.01. The van der Waals surface area contributed by atoms with Crippen LogP contribution in [-0.2, 0) is 19.2 Å². The van der Waals surface area contributed by atoms with Crippen molar-refractivity contribution in [2.75, 3.05) is 0 Å². The summed E-state index contributed by atoms with van der Waals surface area (Å²) in [7, 11) is 1.96. The first kappa shape index (κ1) is 13.1. The van der Waals surface area contributed by atoms with Crippen molar-refractivity contribution >= 4 is 11.8 Å². The van der Waals surface area contributed by atoms with Crippen LogP contribution in [0.25, 0.3) is 0 Å². The Morgan fingerprint density at radius 3 is 2.50 bits per heavy atom. The lowest BCUT2D eigenvalue weighted by atomic mass is 10.2. The van der Waals surface area contributed by atoms with Gasteiger partial charge < -0.3 is 0 Å². The molecule has 0 fully saturated rings. The largest absolute Gasteiger partial charge is 0.275 e. The number of rotatable bonds is 4. The van der Waals surface area contributed by atoms with Gasteiger partial charge in [0.15, 0.2) is 5.16 Å². The van der Waals surface area contributed by atoms with Crippen LogP contribution in [0.2, 0.25) is 0 Å². The summed E-state index contributed by atoms with van der Waals surface area (Å²) in [5.74, 6) is 0.826. The van der Waals surface area contributed by atoms with Crippen LogP contribution in [0.3, 0.4) is 0 Å². The zero-order valence-electron chi connectivity index (χ0n) is 11.3. The average Bonchev–Trinajstić information content (AvgIpc) is 2.66. The van der Waals surface area contributed by atoms with Gasteiger partial charge in [-0.25, -0.2) is 9.97 Å². The Morgan fingerprint density at radius 2 is 1.89 bits per heavy atom. The number of nitrogens with zero attached hydrogens (tertiary/aromatic N) is 4. The van der Waals surface area contributed by atoms with Crippen LogP contribution < -0.4 is 0 Å². The van der Waals surface area contributed by atoms with Gasteiger partial charge in [-0.15, -0.1) is 0 Å². The molecule has 96 valence electrons. The van der Waals surface area contributed by atoms with E-state index in [-0.39, 0.29) is 0 Å². The van der Waals surface area contributed by atoms with Crippen molar-refractivity contribution in [3.8, 4) is 0 Å². The lowest BCUT2D eigenvalue weighted by molar-refractivity contribution is 0.754. The maximum Gasteiger partial charge on any atom is 0.188 e. The highest BCUT2D eigenvalue weighted by atomic mass is 32.2. The van der Waals surface area contributed by atoms with E-state index in [0.29, 0.717) is 0 Å². The third kappa shape index (κ3) is 3.10. The molecule has 5 heteroatoms. The fourth-order valence-corrected chi connectivity index (χ4v) is 2.82. The van der Waals surface area contributed by atoms with Gasteiger partial charge in [0.25, 0.3) is 0 Å². The molecular weight excluding hydrogens is 244 g/mol. The third-order valence-corrected chi connectivity index (χ3v) is 3.53. The standard InChI is InChI=1S/C13H18N4S/c1-5-11-7-17(4)16-12(11)8-18-13-14-9(2)6-10(3)15-13/h6-7H,5,8H2,1-4H3. The van der Waals surface area contributed by atoms with Gasteiger partial charge >= 0.3 is 0 Å². The SMILES string of the molecule is CCc1cn(C)nc1CSc1nc(C)cc(C)n1. The second-order valence-electron chi connectivity index (χ2n) is 4.35. The molecule has 0 aliphatic rings. The van der Waals surface area contributed by atoms with Crippen LogP contribution in [0.5, 0.6) is 0 Å². The number of thioether (sulfide) groups is 1. The quantitative estimate of drug-likeness (QED) is 0.627. The number of aromatic nitrogens is 4. The first-order valence-corrected chi connectivity index (χ1v) is 7.03. The van der Waals surface area contributed by atoms with Gasteiger partial charge in [0.05, 0.1) is 5.69 Å². The Balaban J connectivity index is 2.11. The molecule has 0 saturated heterocycles. The Labute approximate surface area is 112 Å². The molecule has 0 saturated carbocycles. The van der Waals surface area contributed by atoms with Gasteiger partial charge in [-0.2, -0.15) is 5.10 Å². The van der Waals surface area contributed by atoms with E-state index in [1.165, 1.54) is 5.56 Å². The number of hydrogen-bond acceptors (Lipinski definition) is 4. The topological polar surface area (TPSA) is 43.6 Å². The lowest BCUT2D eigenvalue weighted by Crippen LogP contribution is -1.95. The Morgan fingerprint density at radius 1 is 1.22 bits per heavy atom. The van der Waals surface area contributed by atoms with Crippen molar-refractivity contribution in [2.45, 2.75) is 38.1 Å². The molecule has 0 aromatic carbocycles. The first-order valence-electron chi connectivity index (χ1n) is 6.05. The van der Waals surface area contributed by atoms with E-state index < -0.39 is 0 Å². The van der Waals surface area contributed by atoms with Crippen molar-refractivity contribution in [1.82, 2.24) is 19.7 Å². The van der Waals surface area contributed by atoms with E-state index in [2.05, 4.69) is 28.2 Å². The zero-order chi connectivity index (χ0) is 13.1. The molecule has 0 N–H and O–H groups in total. The second kappa shape index (κ2) is 5.52. The number of aryl methyl sites for hydroxylation is 4. The number of hydrogen-bond donors (Lipinski definition) is 0. The third-order valence-electron chi connectivity index (χ3n) is 2.67. The normalized spacial score (nSPS) is 10.9. The van der Waals surface area contributed by atoms with Crippen molar-refractivity contribution in [3.63, 3.8) is 0 Å². The highest BCUT2D eigenvalue weighted by Gasteiger charge is 2.08. The molecule has 2 rings (SSSR count). The maximum atomic E-state index is 4.48. The summed E-state index contributed by atoms with van der Waals surface area (Å²) in [5, 5.41) is 5.32. The highest BCUT2D eigenvalue weighted by Crippen LogP contribution is 2.21. The summed E-state index contributed by atoms with van der Waals surface area (Å²) in [5.41, 5.74) is 4.46. The summed E-state index contributed by atoms with van der Waals surface area (Å²) < 4.78 is 1.87. The van der Waals surface area contributed by atoms with E-state index in [1.807, 2.05) is 31.6 Å². The Bertz CT molecular complexity index is 528. The van der Waals surface area contributed by atoms with Crippen LogP contribution in [0.1, 0.15) is 29.6 Å². The van der Waals surface area contributed by atoms with E-state index in [4.69, 9.17) is 0 Å². The van der Waals surface area contributed by atoms with Crippen LogP contribution in [-0.4, -0.2) is 19.7 Å². The van der Waals surface area contributed by atoms with Crippen molar-refractivity contribution < 1.29 is 0 Å². The molecule has 0 aliphatic heterocycles. The molecular formula is C13H18N4S. The van der Waals surface area contributed by atoms with Gasteiger partial charge in [0.1, 0.15) is 0 Å². The maximum absolute atomic E-state index is 4.48. The zero-order valence-corrected chi connectivity index (χ0v) is 12.1. The molecule has 0 radical (unpaired) electrons. The van der Waals surface area contributed by atoms with E-state index in [1.54, 1.807) is 11.8 Å². The summed E-state index contributed by atoms with van der Waals surface area (Å²) in [6, 6.07) is 1.99. The smallest absolute Gasteiger partial charge is 0.188 e.